The van der Waals surface area contributed by atoms with E-state index in [1.54, 1.807) is 56.8 Å². The van der Waals surface area contributed by atoms with Crippen LogP contribution in [-0.2, 0) is 11.3 Å². The number of nitrogens with zero attached hydrogens (tertiary/aromatic N) is 1. The van der Waals surface area contributed by atoms with Crippen molar-refractivity contribution in [1.29, 1.82) is 0 Å². The molecule has 1 heterocycles. The van der Waals surface area contributed by atoms with Crippen LogP contribution in [0, 0.1) is 0 Å². The SMILES string of the molecule is COc1ccc(C=C(C(=O)NCc2ccccc2)n2ccccc2=O)cc1OC. The molecule has 2 aromatic carbocycles. The zero-order chi connectivity index (χ0) is 20.6. The first kappa shape index (κ1) is 19.9. The number of pyridine rings is 1. The van der Waals surface area contributed by atoms with Gasteiger partial charge >= 0.3 is 0 Å². The van der Waals surface area contributed by atoms with Crippen molar-refractivity contribution in [3.8, 4) is 11.5 Å². The van der Waals surface area contributed by atoms with Crippen molar-refractivity contribution in [3.05, 3.63) is 94.4 Å². The summed E-state index contributed by atoms with van der Waals surface area (Å²) in [5.41, 5.74) is 1.57. The van der Waals surface area contributed by atoms with E-state index in [2.05, 4.69) is 5.32 Å². The van der Waals surface area contributed by atoms with Crippen molar-refractivity contribution in [2.75, 3.05) is 14.2 Å². The van der Waals surface area contributed by atoms with Crippen molar-refractivity contribution >= 4 is 17.7 Å². The number of carbonyl (C=O) groups excluding carboxylic acids is 1. The highest BCUT2D eigenvalue weighted by Crippen LogP contribution is 2.28. The number of nitrogens with one attached hydrogen (secondary N) is 1. The van der Waals surface area contributed by atoms with Gasteiger partial charge in [-0.3, -0.25) is 14.2 Å². The van der Waals surface area contributed by atoms with Gasteiger partial charge in [0.1, 0.15) is 5.70 Å². The van der Waals surface area contributed by atoms with Crippen molar-refractivity contribution in [3.63, 3.8) is 0 Å². The maximum Gasteiger partial charge on any atom is 0.268 e. The summed E-state index contributed by atoms with van der Waals surface area (Å²) in [5.74, 6) is 0.749. The molecular weight excluding hydrogens is 368 g/mol. The lowest BCUT2D eigenvalue weighted by Crippen LogP contribution is -2.30. The Morgan fingerprint density at radius 2 is 1.69 bits per heavy atom. The normalized spacial score (nSPS) is 11.0. The number of hydrogen-bond acceptors (Lipinski definition) is 4. The molecule has 0 saturated heterocycles. The van der Waals surface area contributed by atoms with Gasteiger partial charge in [0.25, 0.3) is 11.5 Å². The predicted molar refractivity (Wildman–Crippen MR) is 113 cm³/mol. The van der Waals surface area contributed by atoms with E-state index in [-0.39, 0.29) is 17.2 Å². The molecule has 0 unspecified atom stereocenters. The number of hydrogen-bond donors (Lipinski definition) is 1. The van der Waals surface area contributed by atoms with E-state index in [0.29, 0.717) is 23.6 Å². The Balaban J connectivity index is 1.97. The van der Waals surface area contributed by atoms with Crippen LogP contribution in [0.2, 0.25) is 0 Å². The van der Waals surface area contributed by atoms with E-state index < -0.39 is 0 Å². The van der Waals surface area contributed by atoms with Gasteiger partial charge in [0.05, 0.1) is 14.2 Å². The van der Waals surface area contributed by atoms with Crippen molar-refractivity contribution in [2.24, 2.45) is 0 Å². The van der Waals surface area contributed by atoms with Crippen LogP contribution < -0.4 is 20.3 Å². The lowest BCUT2D eigenvalue weighted by molar-refractivity contribution is -0.116. The van der Waals surface area contributed by atoms with Gasteiger partial charge in [0.2, 0.25) is 0 Å². The van der Waals surface area contributed by atoms with Gasteiger partial charge < -0.3 is 14.8 Å². The van der Waals surface area contributed by atoms with Crippen LogP contribution in [0.25, 0.3) is 11.8 Å². The first-order chi connectivity index (χ1) is 14.1. The number of aromatic nitrogens is 1. The predicted octanol–water partition coefficient (Wildman–Crippen LogP) is 3.18. The smallest absolute Gasteiger partial charge is 0.268 e. The van der Waals surface area contributed by atoms with E-state index in [1.165, 1.54) is 10.6 Å². The van der Waals surface area contributed by atoms with Gasteiger partial charge in [0, 0.05) is 18.8 Å². The molecule has 3 aromatic rings. The number of ether oxygens (including phenoxy) is 2. The highest BCUT2D eigenvalue weighted by atomic mass is 16.5. The fraction of sp³-hybridized carbons (Fsp3) is 0.130. The number of carbonyl (C=O) groups is 1. The number of amides is 1. The van der Waals surface area contributed by atoms with E-state index in [1.807, 2.05) is 30.3 Å². The fourth-order valence-corrected chi connectivity index (χ4v) is 2.84. The fourth-order valence-electron chi connectivity index (χ4n) is 2.84. The molecule has 0 fully saturated rings. The average Bonchev–Trinajstić information content (AvgIpc) is 2.77. The summed E-state index contributed by atoms with van der Waals surface area (Å²) in [6, 6.07) is 19.6. The summed E-state index contributed by atoms with van der Waals surface area (Å²) in [4.78, 5) is 25.3. The van der Waals surface area contributed by atoms with Gasteiger partial charge in [-0.1, -0.05) is 42.5 Å². The van der Waals surface area contributed by atoms with Crippen LogP contribution in [0.15, 0.2) is 77.7 Å². The summed E-state index contributed by atoms with van der Waals surface area (Å²) in [7, 11) is 3.10. The molecule has 29 heavy (non-hydrogen) atoms. The Morgan fingerprint density at radius 3 is 2.38 bits per heavy atom. The molecule has 3 rings (SSSR count). The zero-order valence-electron chi connectivity index (χ0n) is 16.3. The maximum absolute atomic E-state index is 13.0. The molecule has 0 bridgehead atoms. The second kappa shape index (κ2) is 9.41. The van der Waals surface area contributed by atoms with E-state index >= 15 is 0 Å². The second-order valence-corrected chi connectivity index (χ2v) is 6.22. The standard InChI is InChI=1S/C23H22N2O4/c1-28-20-12-11-18(15-21(20)29-2)14-19(25-13-7-6-10-22(25)26)23(27)24-16-17-8-4-3-5-9-17/h3-15H,16H2,1-2H3,(H,24,27). The number of benzene rings is 2. The van der Waals surface area contributed by atoms with Crippen molar-refractivity contribution < 1.29 is 14.3 Å². The first-order valence-electron chi connectivity index (χ1n) is 9.06. The molecule has 0 radical (unpaired) electrons. The molecule has 1 amide bonds. The molecule has 0 spiro atoms. The van der Waals surface area contributed by atoms with Gasteiger partial charge in [-0.15, -0.1) is 0 Å². The lowest BCUT2D eigenvalue weighted by Gasteiger charge is -2.13. The van der Waals surface area contributed by atoms with Crippen LogP contribution >= 0.6 is 0 Å². The molecular formula is C23H22N2O4. The molecule has 0 saturated carbocycles. The highest BCUT2D eigenvalue weighted by molar-refractivity contribution is 6.18. The highest BCUT2D eigenvalue weighted by Gasteiger charge is 2.14. The lowest BCUT2D eigenvalue weighted by atomic mass is 10.1. The third-order valence-electron chi connectivity index (χ3n) is 4.32. The van der Waals surface area contributed by atoms with Crippen molar-refractivity contribution in [2.45, 2.75) is 6.54 Å². The summed E-state index contributed by atoms with van der Waals surface area (Å²) >= 11 is 0. The Morgan fingerprint density at radius 1 is 0.966 bits per heavy atom. The Kier molecular flexibility index (Phi) is 6.47. The number of methoxy groups -OCH3 is 2. The van der Waals surface area contributed by atoms with Gasteiger partial charge in [-0.05, 0) is 35.4 Å². The molecule has 0 aliphatic heterocycles. The molecule has 0 aliphatic carbocycles. The van der Waals surface area contributed by atoms with Gasteiger partial charge in [0.15, 0.2) is 11.5 Å². The second-order valence-electron chi connectivity index (χ2n) is 6.22. The zero-order valence-corrected chi connectivity index (χ0v) is 16.3. The molecule has 0 atom stereocenters. The molecule has 6 nitrogen and oxygen atoms in total. The first-order valence-corrected chi connectivity index (χ1v) is 9.06. The Bertz CT molecular complexity index is 1070. The molecule has 148 valence electrons. The largest absolute Gasteiger partial charge is 0.493 e. The van der Waals surface area contributed by atoms with E-state index in [9.17, 15) is 9.59 Å². The summed E-state index contributed by atoms with van der Waals surface area (Å²) in [6.07, 6.45) is 3.21. The Labute approximate surface area is 169 Å². The minimum Gasteiger partial charge on any atom is -0.493 e. The average molecular weight is 390 g/mol. The van der Waals surface area contributed by atoms with Crippen LogP contribution in [0.4, 0.5) is 0 Å². The molecule has 6 heteroatoms. The van der Waals surface area contributed by atoms with E-state index in [4.69, 9.17) is 9.47 Å². The van der Waals surface area contributed by atoms with Gasteiger partial charge in [-0.2, -0.15) is 0 Å². The molecule has 1 N–H and O–H groups in total. The van der Waals surface area contributed by atoms with Crippen LogP contribution in [0.3, 0.4) is 0 Å². The summed E-state index contributed by atoms with van der Waals surface area (Å²) in [6.45, 7) is 0.352. The monoisotopic (exact) mass is 390 g/mol. The minimum absolute atomic E-state index is 0.207. The quantitative estimate of drug-likeness (QED) is 0.629. The van der Waals surface area contributed by atoms with Crippen LogP contribution in [0.1, 0.15) is 11.1 Å². The van der Waals surface area contributed by atoms with Crippen LogP contribution in [0.5, 0.6) is 11.5 Å². The summed E-state index contributed by atoms with van der Waals surface area (Å²) < 4.78 is 11.9. The number of rotatable bonds is 7. The van der Waals surface area contributed by atoms with Crippen LogP contribution in [-0.4, -0.2) is 24.7 Å². The van der Waals surface area contributed by atoms with Crippen molar-refractivity contribution in [1.82, 2.24) is 9.88 Å². The van der Waals surface area contributed by atoms with E-state index in [0.717, 1.165) is 5.56 Å². The topological polar surface area (TPSA) is 69.6 Å². The molecule has 1 aromatic heterocycles. The minimum atomic E-state index is -0.364. The van der Waals surface area contributed by atoms with Gasteiger partial charge in [-0.25, -0.2) is 0 Å². The third kappa shape index (κ3) is 4.93. The Hall–Kier alpha value is -3.80. The molecule has 0 aliphatic rings. The third-order valence-corrected chi connectivity index (χ3v) is 4.32. The summed E-state index contributed by atoms with van der Waals surface area (Å²) in [5, 5.41) is 2.87. The maximum atomic E-state index is 13.0.